The molecule has 132 valence electrons. The smallest absolute Gasteiger partial charge is 0.0991 e. The van der Waals surface area contributed by atoms with Gasteiger partial charge in [0, 0.05) is 32.2 Å². The van der Waals surface area contributed by atoms with Crippen molar-refractivity contribution in [1.82, 2.24) is 9.80 Å². The third-order valence-corrected chi connectivity index (χ3v) is 3.99. The molecule has 0 saturated carbocycles. The molecule has 1 unspecified atom stereocenters. The number of rotatable bonds is 5. The standard InChI is InChI=1S/C16H24N4.3ClH/c1-19-8-10-20(11-9-19)7-6-16(18)12-14-2-4-15(13-17)5-3-14;;;/h2-5,16H,6-12,18H2,1H3;3*1H. The van der Waals surface area contributed by atoms with Crippen molar-refractivity contribution in [2.45, 2.75) is 18.9 Å². The monoisotopic (exact) mass is 380 g/mol. The Balaban J connectivity index is 0. The molecule has 1 aromatic rings. The molecular weight excluding hydrogens is 355 g/mol. The third kappa shape index (κ3) is 8.76. The largest absolute Gasteiger partial charge is 0.327 e. The van der Waals surface area contributed by atoms with Gasteiger partial charge in [-0.1, -0.05) is 12.1 Å². The molecule has 0 bridgehead atoms. The molecule has 7 heteroatoms. The van der Waals surface area contributed by atoms with Crippen molar-refractivity contribution in [1.29, 1.82) is 5.26 Å². The summed E-state index contributed by atoms with van der Waals surface area (Å²) >= 11 is 0. The van der Waals surface area contributed by atoms with E-state index in [9.17, 15) is 0 Å². The topological polar surface area (TPSA) is 56.3 Å². The van der Waals surface area contributed by atoms with Gasteiger partial charge in [-0.2, -0.15) is 5.26 Å². The van der Waals surface area contributed by atoms with E-state index in [4.69, 9.17) is 11.0 Å². The predicted molar refractivity (Wildman–Crippen MR) is 103 cm³/mol. The van der Waals surface area contributed by atoms with E-state index in [0.29, 0.717) is 5.56 Å². The van der Waals surface area contributed by atoms with Gasteiger partial charge in [0.2, 0.25) is 0 Å². The number of benzene rings is 1. The van der Waals surface area contributed by atoms with Crippen LogP contribution in [-0.4, -0.2) is 55.6 Å². The molecule has 1 aromatic carbocycles. The van der Waals surface area contributed by atoms with E-state index in [1.165, 1.54) is 5.56 Å². The minimum Gasteiger partial charge on any atom is -0.327 e. The minimum atomic E-state index is 0. The van der Waals surface area contributed by atoms with E-state index in [1.54, 1.807) is 0 Å². The zero-order valence-corrected chi connectivity index (χ0v) is 15.9. The van der Waals surface area contributed by atoms with Crippen LogP contribution in [0.3, 0.4) is 0 Å². The summed E-state index contributed by atoms with van der Waals surface area (Å²) in [6.45, 7) is 5.71. The lowest BCUT2D eigenvalue weighted by Gasteiger charge is -2.32. The first-order chi connectivity index (χ1) is 9.67. The van der Waals surface area contributed by atoms with Gasteiger partial charge in [0.05, 0.1) is 11.6 Å². The second-order valence-electron chi connectivity index (χ2n) is 5.71. The van der Waals surface area contributed by atoms with Gasteiger partial charge < -0.3 is 15.5 Å². The van der Waals surface area contributed by atoms with Crippen LogP contribution >= 0.6 is 37.2 Å². The molecule has 1 aliphatic rings. The molecule has 0 radical (unpaired) electrons. The Hall–Kier alpha value is -0.540. The molecule has 0 aromatic heterocycles. The number of nitrogens with zero attached hydrogens (tertiary/aromatic N) is 3. The van der Waals surface area contributed by atoms with Crippen LogP contribution in [0.1, 0.15) is 17.5 Å². The first kappa shape index (κ1) is 24.7. The summed E-state index contributed by atoms with van der Waals surface area (Å²) in [5, 5.41) is 8.77. The molecule has 2 N–H and O–H groups in total. The number of halogens is 3. The number of nitriles is 1. The molecule has 1 saturated heterocycles. The average molecular weight is 382 g/mol. The maximum Gasteiger partial charge on any atom is 0.0991 e. The zero-order chi connectivity index (χ0) is 14.4. The fraction of sp³-hybridized carbons (Fsp3) is 0.562. The molecule has 1 heterocycles. The van der Waals surface area contributed by atoms with E-state index in [0.717, 1.165) is 45.6 Å². The quantitative estimate of drug-likeness (QED) is 0.850. The molecule has 1 fully saturated rings. The van der Waals surface area contributed by atoms with Crippen LogP contribution in [0.4, 0.5) is 0 Å². The number of hydrogen-bond donors (Lipinski definition) is 1. The van der Waals surface area contributed by atoms with Crippen LogP contribution in [0.5, 0.6) is 0 Å². The summed E-state index contributed by atoms with van der Waals surface area (Å²) in [7, 11) is 2.17. The SMILES string of the molecule is CN1CCN(CCC(N)Cc2ccc(C#N)cc2)CC1.Cl.Cl.Cl. The Labute approximate surface area is 158 Å². The van der Waals surface area contributed by atoms with Gasteiger partial charge in [0.25, 0.3) is 0 Å². The van der Waals surface area contributed by atoms with Crippen molar-refractivity contribution in [3.05, 3.63) is 35.4 Å². The van der Waals surface area contributed by atoms with E-state index in [-0.39, 0.29) is 43.3 Å². The van der Waals surface area contributed by atoms with Gasteiger partial charge in [-0.05, 0) is 44.1 Å². The van der Waals surface area contributed by atoms with Gasteiger partial charge in [-0.15, -0.1) is 37.2 Å². The van der Waals surface area contributed by atoms with Gasteiger partial charge in [0.15, 0.2) is 0 Å². The summed E-state index contributed by atoms with van der Waals surface area (Å²) in [4.78, 5) is 4.87. The van der Waals surface area contributed by atoms with Crippen LogP contribution in [0.15, 0.2) is 24.3 Å². The summed E-state index contributed by atoms with van der Waals surface area (Å²) in [5.74, 6) is 0. The second-order valence-corrected chi connectivity index (χ2v) is 5.71. The molecule has 1 atom stereocenters. The highest BCUT2D eigenvalue weighted by Crippen LogP contribution is 2.08. The van der Waals surface area contributed by atoms with Crippen LogP contribution < -0.4 is 5.73 Å². The molecule has 4 nitrogen and oxygen atoms in total. The van der Waals surface area contributed by atoms with Crippen molar-refractivity contribution >= 4 is 37.2 Å². The van der Waals surface area contributed by atoms with E-state index >= 15 is 0 Å². The Morgan fingerprint density at radius 3 is 2.17 bits per heavy atom. The van der Waals surface area contributed by atoms with Crippen LogP contribution in [0, 0.1) is 11.3 Å². The van der Waals surface area contributed by atoms with E-state index in [1.807, 2.05) is 24.3 Å². The normalized spacial score (nSPS) is 16.2. The van der Waals surface area contributed by atoms with Crippen LogP contribution in [0.25, 0.3) is 0 Å². The average Bonchev–Trinajstić information content (AvgIpc) is 2.47. The molecule has 0 amide bonds. The lowest BCUT2D eigenvalue weighted by atomic mass is 10.0. The Morgan fingerprint density at radius 1 is 1.09 bits per heavy atom. The maximum atomic E-state index is 8.77. The highest BCUT2D eigenvalue weighted by molar-refractivity contribution is 5.86. The van der Waals surface area contributed by atoms with Crippen molar-refractivity contribution in [2.75, 3.05) is 39.8 Å². The predicted octanol–water partition coefficient (Wildman–Crippen LogP) is 2.33. The number of likely N-dealkylation sites (N-methyl/N-ethyl adjacent to an activating group) is 1. The lowest BCUT2D eigenvalue weighted by molar-refractivity contribution is 0.150. The van der Waals surface area contributed by atoms with Gasteiger partial charge in [0.1, 0.15) is 0 Å². The van der Waals surface area contributed by atoms with Crippen LogP contribution in [-0.2, 0) is 6.42 Å². The Bertz CT molecular complexity index is 453. The maximum absolute atomic E-state index is 8.77. The second kappa shape index (κ2) is 12.8. The highest BCUT2D eigenvalue weighted by Gasteiger charge is 2.14. The number of nitrogens with two attached hydrogens (primary N) is 1. The molecule has 0 spiro atoms. The zero-order valence-electron chi connectivity index (χ0n) is 13.5. The Kier molecular flexibility index (Phi) is 13.8. The van der Waals surface area contributed by atoms with Gasteiger partial charge in [-0.25, -0.2) is 0 Å². The summed E-state index contributed by atoms with van der Waals surface area (Å²) < 4.78 is 0. The highest BCUT2D eigenvalue weighted by atomic mass is 35.5. The first-order valence-electron chi connectivity index (χ1n) is 7.33. The van der Waals surface area contributed by atoms with E-state index in [2.05, 4.69) is 22.9 Å². The number of piperazine rings is 1. The third-order valence-electron chi connectivity index (χ3n) is 3.99. The molecule has 23 heavy (non-hydrogen) atoms. The van der Waals surface area contributed by atoms with Crippen molar-refractivity contribution in [3.63, 3.8) is 0 Å². The van der Waals surface area contributed by atoms with Crippen LogP contribution in [0.2, 0.25) is 0 Å². The number of hydrogen-bond acceptors (Lipinski definition) is 4. The summed E-state index contributed by atoms with van der Waals surface area (Å²) in [5.41, 5.74) is 8.14. The fourth-order valence-electron chi connectivity index (χ4n) is 2.54. The Morgan fingerprint density at radius 2 is 1.65 bits per heavy atom. The van der Waals surface area contributed by atoms with E-state index < -0.39 is 0 Å². The molecule has 0 aliphatic carbocycles. The van der Waals surface area contributed by atoms with Crippen molar-refractivity contribution in [3.8, 4) is 6.07 Å². The fourth-order valence-corrected chi connectivity index (χ4v) is 2.54. The lowest BCUT2D eigenvalue weighted by Crippen LogP contribution is -2.45. The minimum absolute atomic E-state index is 0. The summed E-state index contributed by atoms with van der Waals surface area (Å²) in [6.07, 6.45) is 1.92. The molecule has 2 rings (SSSR count). The summed E-state index contributed by atoms with van der Waals surface area (Å²) in [6, 6.07) is 10.1. The molecule has 1 aliphatic heterocycles. The first-order valence-corrected chi connectivity index (χ1v) is 7.33. The van der Waals surface area contributed by atoms with Gasteiger partial charge >= 0.3 is 0 Å². The van der Waals surface area contributed by atoms with Gasteiger partial charge in [-0.3, -0.25) is 0 Å². The van der Waals surface area contributed by atoms with Crippen molar-refractivity contribution < 1.29 is 0 Å². The van der Waals surface area contributed by atoms with Crippen molar-refractivity contribution in [2.24, 2.45) is 5.73 Å². The molecular formula is C16H27Cl3N4.